The Morgan fingerprint density at radius 2 is 2.10 bits per heavy atom. The van der Waals surface area contributed by atoms with Gasteiger partial charge in [0.25, 0.3) is 5.56 Å². The molecule has 0 saturated heterocycles. The van der Waals surface area contributed by atoms with Gasteiger partial charge in [-0.25, -0.2) is 4.98 Å². The lowest BCUT2D eigenvalue weighted by Gasteiger charge is -2.39. The summed E-state index contributed by atoms with van der Waals surface area (Å²) in [6, 6.07) is 7.53. The second-order valence-corrected chi connectivity index (χ2v) is 6.95. The SMILES string of the molecule is CCC(Cl)c1nc2ccccc2c(=O)n1CC1(C)CCC1. The molecular weight excluding hydrogens is 284 g/mol. The lowest BCUT2D eigenvalue weighted by molar-refractivity contribution is 0.128. The number of hydrogen-bond acceptors (Lipinski definition) is 2. The summed E-state index contributed by atoms with van der Waals surface area (Å²) in [5.41, 5.74) is 1.00. The molecule has 1 aliphatic rings. The lowest BCUT2D eigenvalue weighted by atomic mass is 9.70. The van der Waals surface area contributed by atoms with Crippen LogP contribution in [0.5, 0.6) is 0 Å². The number of halogens is 1. The van der Waals surface area contributed by atoms with Crippen molar-refractivity contribution < 1.29 is 0 Å². The third kappa shape index (κ3) is 2.59. The lowest BCUT2D eigenvalue weighted by Crippen LogP contribution is -2.37. The molecule has 1 aromatic carbocycles. The predicted molar refractivity (Wildman–Crippen MR) is 86.8 cm³/mol. The second kappa shape index (κ2) is 5.45. The maximum Gasteiger partial charge on any atom is 0.261 e. The van der Waals surface area contributed by atoms with Gasteiger partial charge in [-0.3, -0.25) is 9.36 Å². The minimum absolute atomic E-state index is 0.0443. The van der Waals surface area contributed by atoms with Gasteiger partial charge in [-0.15, -0.1) is 11.6 Å². The second-order valence-electron chi connectivity index (χ2n) is 6.42. The van der Waals surface area contributed by atoms with E-state index in [1.165, 1.54) is 19.3 Å². The van der Waals surface area contributed by atoms with Crippen molar-refractivity contribution in [1.82, 2.24) is 9.55 Å². The van der Waals surface area contributed by atoms with E-state index in [9.17, 15) is 4.79 Å². The molecule has 112 valence electrons. The van der Waals surface area contributed by atoms with E-state index in [0.29, 0.717) is 5.39 Å². The molecular formula is C17H21ClN2O. The maximum atomic E-state index is 12.9. The zero-order chi connectivity index (χ0) is 15.0. The maximum absolute atomic E-state index is 12.9. The Kier molecular flexibility index (Phi) is 3.78. The molecule has 0 N–H and O–H groups in total. The molecule has 1 heterocycles. The van der Waals surface area contributed by atoms with E-state index in [-0.39, 0.29) is 16.4 Å². The van der Waals surface area contributed by atoms with Crippen molar-refractivity contribution in [1.29, 1.82) is 0 Å². The molecule has 1 fully saturated rings. The van der Waals surface area contributed by atoms with Gasteiger partial charge in [-0.2, -0.15) is 0 Å². The molecule has 1 aromatic heterocycles. The van der Waals surface area contributed by atoms with Gasteiger partial charge in [-0.1, -0.05) is 32.4 Å². The van der Waals surface area contributed by atoms with Gasteiger partial charge >= 0.3 is 0 Å². The molecule has 1 unspecified atom stereocenters. The first-order valence-corrected chi connectivity index (χ1v) is 8.11. The first-order chi connectivity index (χ1) is 10.0. The van der Waals surface area contributed by atoms with E-state index in [4.69, 9.17) is 11.6 Å². The van der Waals surface area contributed by atoms with Gasteiger partial charge in [0.1, 0.15) is 5.82 Å². The number of fused-ring (bicyclic) bond motifs is 1. The fraction of sp³-hybridized carbons (Fsp3) is 0.529. The zero-order valence-electron chi connectivity index (χ0n) is 12.6. The molecule has 0 spiro atoms. The molecule has 1 atom stereocenters. The van der Waals surface area contributed by atoms with Gasteiger partial charge < -0.3 is 0 Å². The molecule has 1 aliphatic carbocycles. The van der Waals surface area contributed by atoms with Crippen molar-refractivity contribution >= 4 is 22.5 Å². The average molecular weight is 305 g/mol. The Hall–Kier alpha value is -1.35. The summed E-state index contributed by atoms with van der Waals surface area (Å²) in [4.78, 5) is 17.5. The monoisotopic (exact) mass is 304 g/mol. The third-order valence-corrected chi connectivity index (χ3v) is 5.13. The highest BCUT2D eigenvalue weighted by atomic mass is 35.5. The summed E-state index contributed by atoms with van der Waals surface area (Å²) in [6.07, 6.45) is 4.36. The topological polar surface area (TPSA) is 34.9 Å². The molecule has 2 aromatic rings. The van der Waals surface area contributed by atoms with Crippen molar-refractivity contribution in [2.75, 3.05) is 0 Å². The van der Waals surface area contributed by atoms with Gasteiger partial charge in [0.15, 0.2) is 0 Å². The number of hydrogen-bond donors (Lipinski definition) is 0. The van der Waals surface area contributed by atoms with Crippen LogP contribution in [0.25, 0.3) is 10.9 Å². The highest BCUT2D eigenvalue weighted by molar-refractivity contribution is 6.20. The molecule has 0 amide bonds. The molecule has 0 aliphatic heterocycles. The first-order valence-electron chi connectivity index (χ1n) is 7.68. The van der Waals surface area contributed by atoms with E-state index in [1.54, 1.807) is 0 Å². The fourth-order valence-electron chi connectivity index (χ4n) is 3.08. The number of alkyl halides is 1. The van der Waals surface area contributed by atoms with Crippen LogP contribution in [0.4, 0.5) is 0 Å². The molecule has 1 saturated carbocycles. The Balaban J connectivity index is 2.18. The Labute approximate surface area is 130 Å². The van der Waals surface area contributed by atoms with E-state index >= 15 is 0 Å². The number of nitrogens with zero attached hydrogens (tertiary/aromatic N) is 2. The summed E-state index contributed by atoms with van der Waals surface area (Å²) in [7, 11) is 0. The standard InChI is InChI=1S/C17H21ClN2O/c1-3-13(18)15-19-14-8-5-4-7-12(14)16(21)20(15)11-17(2)9-6-10-17/h4-5,7-8,13H,3,6,9-11H2,1-2H3. The van der Waals surface area contributed by atoms with Crippen molar-refractivity contribution in [2.24, 2.45) is 5.41 Å². The van der Waals surface area contributed by atoms with E-state index in [1.807, 2.05) is 35.8 Å². The van der Waals surface area contributed by atoms with Crippen molar-refractivity contribution in [2.45, 2.75) is 51.5 Å². The van der Waals surface area contributed by atoms with Crippen LogP contribution in [0.15, 0.2) is 29.1 Å². The third-order valence-electron chi connectivity index (χ3n) is 4.63. The number of rotatable bonds is 4. The van der Waals surface area contributed by atoms with Crippen LogP contribution in [0.3, 0.4) is 0 Å². The Morgan fingerprint density at radius 3 is 2.71 bits per heavy atom. The minimum atomic E-state index is -0.217. The number of aromatic nitrogens is 2. The van der Waals surface area contributed by atoms with Crippen LogP contribution >= 0.6 is 11.6 Å². The quantitative estimate of drug-likeness (QED) is 0.790. The normalized spacial score (nSPS) is 18.4. The summed E-state index contributed by atoms with van der Waals surface area (Å²) >= 11 is 6.44. The highest BCUT2D eigenvalue weighted by Gasteiger charge is 2.33. The van der Waals surface area contributed by atoms with Crippen LogP contribution in [0.2, 0.25) is 0 Å². The van der Waals surface area contributed by atoms with Gasteiger partial charge in [0, 0.05) is 6.54 Å². The van der Waals surface area contributed by atoms with Crippen LogP contribution in [-0.2, 0) is 6.54 Å². The highest BCUT2D eigenvalue weighted by Crippen LogP contribution is 2.42. The molecule has 3 nitrogen and oxygen atoms in total. The number of para-hydroxylation sites is 1. The number of benzene rings is 1. The van der Waals surface area contributed by atoms with Gasteiger partial charge in [0.05, 0.1) is 16.3 Å². The minimum Gasteiger partial charge on any atom is -0.294 e. The molecule has 4 heteroatoms. The van der Waals surface area contributed by atoms with E-state index < -0.39 is 0 Å². The summed E-state index contributed by atoms with van der Waals surface area (Å²) in [5, 5.41) is 0.468. The molecule has 3 rings (SSSR count). The smallest absolute Gasteiger partial charge is 0.261 e. The molecule has 0 radical (unpaired) electrons. The Bertz CT molecular complexity index is 718. The zero-order valence-corrected chi connectivity index (χ0v) is 13.4. The van der Waals surface area contributed by atoms with Crippen LogP contribution in [0.1, 0.15) is 50.7 Å². The summed E-state index contributed by atoms with van der Waals surface area (Å²) < 4.78 is 1.82. The summed E-state index contributed by atoms with van der Waals surface area (Å²) in [6.45, 7) is 4.99. The first kappa shape index (κ1) is 14.6. The predicted octanol–water partition coefficient (Wildman–Crippen LogP) is 4.28. The van der Waals surface area contributed by atoms with Crippen molar-refractivity contribution in [3.8, 4) is 0 Å². The van der Waals surface area contributed by atoms with Crippen molar-refractivity contribution in [3.05, 3.63) is 40.4 Å². The van der Waals surface area contributed by atoms with Crippen LogP contribution in [0, 0.1) is 5.41 Å². The largest absolute Gasteiger partial charge is 0.294 e. The Morgan fingerprint density at radius 1 is 1.38 bits per heavy atom. The van der Waals surface area contributed by atoms with Crippen LogP contribution in [-0.4, -0.2) is 9.55 Å². The van der Waals surface area contributed by atoms with Crippen LogP contribution < -0.4 is 5.56 Å². The molecule has 21 heavy (non-hydrogen) atoms. The van der Waals surface area contributed by atoms with Gasteiger partial charge in [0.2, 0.25) is 0 Å². The van der Waals surface area contributed by atoms with E-state index in [0.717, 1.165) is 24.3 Å². The average Bonchev–Trinajstić information content (AvgIpc) is 2.47. The van der Waals surface area contributed by atoms with E-state index in [2.05, 4.69) is 11.9 Å². The van der Waals surface area contributed by atoms with Crippen molar-refractivity contribution in [3.63, 3.8) is 0 Å². The fourth-order valence-corrected chi connectivity index (χ4v) is 3.25. The molecule has 0 bridgehead atoms. The summed E-state index contributed by atoms with van der Waals surface area (Å²) in [5.74, 6) is 0.719. The van der Waals surface area contributed by atoms with Gasteiger partial charge in [-0.05, 0) is 36.8 Å².